The average Bonchev–Trinajstić information content (AvgIpc) is 2.11. The number of hydrogen-bond acceptors (Lipinski definition) is 2. The largest absolute Gasteiger partial charge is 0.324 e. The highest BCUT2D eigenvalue weighted by Gasteiger charge is 2.21. The van der Waals surface area contributed by atoms with Crippen LogP contribution >= 0.6 is 0 Å². The van der Waals surface area contributed by atoms with Gasteiger partial charge < -0.3 is 5.73 Å². The standard InChI is InChI=1S/C11H15FN2/c12-10-5-9(6-14-7-10)11(13)4-8-2-1-3-8/h5-8,11H,1-4,13H2. The molecule has 0 aromatic carbocycles. The van der Waals surface area contributed by atoms with Crippen LogP contribution in [0.4, 0.5) is 4.39 Å². The molecule has 0 amide bonds. The topological polar surface area (TPSA) is 38.9 Å². The van der Waals surface area contributed by atoms with E-state index >= 15 is 0 Å². The van der Waals surface area contributed by atoms with Crippen LogP contribution in [0.2, 0.25) is 0 Å². The van der Waals surface area contributed by atoms with Gasteiger partial charge in [-0.2, -0.15) is 0 Å². The third-order valence-electron chi connectivity index (χ3n) is 2.97. The SMILES string of the molecule is NC(CC1CCC1)c1cncc(F)c1. The van der Waals surface area contributed by atoms with Gasteiger partial charge in [-0.25, -0.2) is 4.39 Å². The van der Waals surface area contributed by atoms with Crippen LogP contribution in [0.15, 0.2) is 18.5 Å². The van der Waals surface area contributed by atoms with Gasteiger partial charge in [-0.3, -0.25) is 4.98 Å². The van der Waals surface area contributed by atoms with E-state index in [0.717, 1.165) is 17.9 Å². The average molecular weight is 194 g/mol. The van der Waals surface area contributed by atoms with E-state index in [9.17, 15) is 4.39 Å². The Morgan fingerprint density at radius 3 is 2.86 bits per heavy atom. The Morgan fingerprint density at radius 2 is 2.29 bits per heavy atom. The molecule has 1 unspecified atom stereocenters. The molecule has 1 aromatic heterocycles. The zero-order valence-electron chi connectivity index (χ0n) is 8.12. The summed E-state index contributed by atoms with van der Waals surface area (Å²) in [7, 11) is 0. The lowest BCUT2D eigenvalue weighted by Crippen LogP contribution is -2.20. The molecule has 1 heterocycles. The van der Waals surface area contributed by atoms with E-state index in [1.54, 1.807) is 6.20 Å². The summed E-state index contributed by atoms with van der Waals surface area (Å²) in [6, 6.07) is 1.43. The number of rotatable bonds is 3. The van der Waals surface area contributed by atoms with Gasteiger partial charge in [0.25, 0.3) is 0 Å². The molecule has 1 aromatic rings. The van der Waals surface area contributed by atoms with Crippen molar-refractivity contribution in [1.29, 1.82) is 0 Å². The fourth-order valence-electron chi connectivity index (χ4n) is 1.85. The van der Waals surface area contributed by atoms with Crippen LogP contribution in [-0.2, 0) is 0 Å². The van der Waals surface area contributed by atoms with E-state index in [2.05, 4.69) is 4.98 Å². The van der Waals surface area contributed by atoms with Crippen LogP contribution in [0.5, 0.6) is 0 Å². The molecule has 1 saturated carbocycles. The quantitative estimate of drug-likeness (QED) is 0.802. The summed E-state index contributed by atoms with van der Waals surface area (Å²) in [5.41, 5.74) is 6.78. The third kappa shape index (κ3) is 2.10. The Labute approximate surface area is 83.3 Å². The minimum atomic E-state index is -0.299. The van der Waals surface area contributed by atoms with Crippen molar-refractivity contribution in [2.75, 3.05) is 0 Å². The van der Waals surface area contributed by atoms with E-state index in [4.69, 9.17) is 5.73 Å². The molecular weight excluding hydrogens is 179 g/mol. The summed E-state index contributed by atoms with van der Waals surface area (Å²) < 4.78 is 12.8. The number of pyridine rings is 1. The highest BCUT2D eigenvalue weighted by molar-refractivity contribution is 5.14. The minimum absolute atomic E-state index is 0.0523. The molecule has 0 radical (unpaired) electrons. The predicted molar refractivity (Wildman–Crippen MR) is 53.1 cm³/mol. The van der Waals surface area contributed by atoms with Crippen LogP contribution in [0.25, 0.3) is 0 Å². The summed E-state index contributed by atoms with van der Waals surface area (Å²) in [5.74, 6) is 0.444. The second-order valence-electron chi connectivity index (χ2n) is 4.08. The Kier molecular flexibility index (Phi) is 2.77. The summed E-state index contributed by atoms with van der Waals surface area (Å²) in [5, 5.41) is 0. The van der Waals surface area contributed by atoms with Crippen LogP contribution in [-0.4, -0.2) is 4.98 Å². The van der Waals surface area contributed by atoms with E-state index in [1.165, 1.54) is 31.5 Å². The van der Waals surface area contributed by atoms with Crippen LogP contribution in [0.1, 0.15) is 37.3 Å². The number of halogens is 1. The molecule has 1 aliphatic rings. The molecule has 1 aliphatic carbocycles. The van der Waals surface area contributed by atoms with Gasteiger partial charge in [-0.1, -0.05) is 19.3 Å². The summed E-state index contributed by atoms with van der Waals surface area (Å²) in [6.07, 6.45) is 7.70. The number of nitrogens with two attached hydrogens (primary N) is 1. The first-order valence-electron chi connectivity index (χ1n) is 5.12. The monoisotopic (exact) mass is 194 g/mol. The summed E-state index contributed by atoms with van der Waals surface area (Å²) in [6.45, 7) is 0. The van der Waals surface area contributed by atoms with E-state index < -0.39 is 0 Å². The van der Waals surface area contributed by atoms with Gasteiger partial charge in [-0.05, 0) is 24.0 Å². The van der Waals surface area contributed by atoms with Crippen LogP contribution in [0, 0.1) is 11.7 Å². The van der Waals surface area contributed by atoms with Crippen molar-refractivity contribution < 1.29 is 4.39 Å². The maximum Gasteiger partial charge on any atom is 0.141 e. The van der Waals surface area contributed by atoms with Crippen molar-refractivity contribution in [2.45, 2.75) is 31.7 Å². The highest BCUT2D eigenvalue weighted by Crippen LogP contribution is 2.33. The second kappa shape index (κ2) is 4.05. The Bertz CT molecular complexity index is 310. The maximum absolute atomic E-state index is 12.8. The zero-order valence-corrected chi connectivity index (χ0v) is 8.12. The van der Waals surface area contributed by atoms with E-state index in [0.29, 0.717) is 0 Å². The lowest BCUT2D eigenvalue weighted by Gasteiger charge is -2.28. The highest BCUT2D eigenvalue weighted by atomic mass is 19.1. The van der Waals surface area contributed by atoms with Crippen molar-refractivity contribution >= 4 is 0 Å². The van der Waals surface area contributed by atoms with Crippen LogP contribution < -0.4 is 5.73 Å². The molecule has 1 atom stereocenters. The van der Waals surface area contributed by atoms with E-state index in [1.807, 2.05) is 0 Å². The van der Waals surface area contributed by atoms with Crippen molar-refractivity contribution in [1.82, 2.24) is 4.98 Å². The van der Waals surface area contributed by atoms with Gasteiger partial charge in [0.2, 0.25) is 0 Å². The normalized spacial score (nSPS) is 19.0. The first-order chi connectivity index (χ1) is 6.75. The fourth-order valence-corrected chi connectivity index (χ4v) is 1.85. The first-order valence-corrected chi connectivity index (χ1v) is 5.12. The number of aromatic nitrogens is 1. The molecule has 0 spiro atoms. The third-order valence-corrected chi connectivity index (χ3v) is 2.97. The predicted octanol–water partition coefficient (Wildman–Crippen LogP) is 2.41. The molecule has 0 bridgehead atoms. The summed E-state index contributed by atoms with van der Waals surface area (Å²) in [4.78, 5) is 3.80. The smallest absolute Gasteiger partial charge is 0.141 e. The van der Waals surface area contributed by atoms with Crippen molar-refractivity contribution in [3.8, 4) is 0 Å². The second-order valence-corrected chi connectivity index (χ2v) is 4.08. The van der Waals surface area contributed by atoms with Gasteiger partial charge in [0, 0.05) is 12.2 Å². The van der Waals surface area contributed by atoms with Crippen molar-refractivity contribution in [3.05, 3.63) is 29.8 Å². The molecule has 2 rings (SSSR count). The van der Waals surface area contributed by atoms with Gasteiger partial charge in [0.15, 0.2) is 0 Å². The van der Waals surface area contributed by atoms with Crippen LogP contribution in [0.3, 0.4) is 0 Å². The van der Waals surface area contributed by atoms with Crippen molar-refractivity contribution in [2.24, 2.45) is 11.7 Å². The van der Waals surface area contributed by atoms with Gasteiger partial charge in [-0.15, -0.1) is 0 Å². The summed E-state index contributed by atoms with van der Waals surface area (Å²) >= 11 is 0. The lowest BCUT2D eigenvalue weighted by molar-refractivity contribution is 0.277. The molecule has 0 aliphatic heterocycles. The molecular formula is C11H15FN2. The molecule has 76 valence electrons. The minimum Gasteiger partial charge on any atom is -0.324 e. The van der Waals surface area contributed by atoms with E-state index in [-0.39, 0.29) is 11.9 Å². The maximum atomic E-state index is 12.8. The number of nitrogens with zero attached hydrogens (tertiary/aromatic N) is 1. The Balaban J connectivity index is 1.98. The zero-order chi connectivity index (χ0) is 9.97. The van der Waals surface area contributed by atoms with Gasteiger partial charge in [0.1, 0.15) is 5.82 Å². The molecule has 2 N–H and O–H groups in total. The van der Waals surface area contributed by atoms with Gasteiger partial charge in [0.05, 0.1) is 6.20 Å². The Morgan fingerprint density at radius 1 is 1.50 bits per heavy atom. The number of hydrogen-bond donors (Lipinski definition) is 1. The van der Waals surface area contributed by atoms with Gasteiger partial charge >= 0.3 is 0 Å². The van der Waals surface area contributed by atoms with Crippen molar-refractivity contribution in [3.63, 3.8) is 0 Å². The first kappa shape index (κ1) is 9.59. The molecule has 2 nitrogen and oxygen atoms in total. The molecule has 0 saturated heterocycles. The molecule has 3 heteroatoms. The lowest BCUT2D eigenvalue weighted by atomic mass is 9.80. The fraction of sp³-hybridized carbons (Fsp3) is 0.545. The molecule has 14 heavy (non-hydrogen) atoms. The Hall–Kier alpha value is -0.960. The molecule has 1 fully saturated rings.